The molecule has 2 aromatic carbocycles. The number of likely N-dealkylation sites (tertiary alicyclic amines) is 2. The van der Waals surface area contributed by atoms with Gasteiger partial charge in [0.05, 0.1) is 6.67 Å². The van der Waals surface area contributed by atoms with Gasteiger partial charge in [0.1, 0.15) is 0 Å². The average molecular weight is 626 g/mol. The van der Waals surface area contributed by atoms with Crippen LogP contribution in [0, 0.1) is 16.7 Å². The summed E-state index contributed by atoms with van der Waals surface area (Å²) in [7, 11) is 0. The fourth-order valence-electron chi connectivity index (χ4n) is 10.1. The maximum atomic E-state index is 3.50. The normalized spacial score (nSPS) is 26.4. The van der Waals surface area contributed by atoms with E-state index in [-0.39, 0.29) is 0 Å². The minimum atomic E-state index is 0.690. The Bertz CT molecular complexity index is 1140. The number of piperidine rings is 2. The zero-order valence-corrected chi connectivity index (χ0v) is 28.9. The summed E-state index contributed by atoms with van der Waals surface area (Å²) >= 11 is 0. The molecule has 6 aliphatic rings. The highest BCUT2D eigenvalue weighted by Crippen LogP contribution is 2.49. The van der Waals surface area contributed by atoms with Gasteiger partial charge < -0.3 is 15.1 Å². The van der Waals surface area contributed by atoms with E-state index in [1.807, 2.05) is 0 Å². The van der Waals surface area contributed by atoms with Crippen LogP contribution in [0.15, 0.2) is 60.7 Å². The highest BCUT2D eigenvalue weighted by molar-refractivity contribution is 5.46. The molecule has 1 N–H and O–H groups in total. The van der Waals surface area contributed by atoms with Gasteiger partial charge in [-0.05, 0) is 131 Å². The van der Waals surface area contributed by atoms with E-state index in [1.54, 1.807) is 5.56 Å². The molecule has 0 unspecified atom stereocenters. The van der Waals surface area contributed by atoms with Crippen molar-refractivity contribution in [2.24, 2.45) is 16.7 Å². The highest BCUT2D eigenvalue weighted by atomic mass is 15.4. The number of hydrogen-bond donors (Lipinski definition) is 1. The molecule has 0 atom stereocenters. The van der Waals surface area contributed by atoms with Gasteiger partial charge in [0.25, 0.3) is 0 Å². The molecular formula is C41H63N5. The van der Waals surface area contributed by atoms with Gasteiger partial charge in [-0.25, -0.2) is 0 Å². The van der Waals surface area contributed by atoms with Gasteiger partial charge in [-0.1, -0.05) is 67.8 Å². The third-order valence-corrected chi connectivity index (χ3v) is 13.1. The first kappa shape index (κ1) is 32.6. The fraction of sp³-hybridized carbons (Fsp3) is 0.707. The molecule has 6 fully saturated rings. The van der Waals surface area contributed by atoms with Crippen LogP contribution >= 0.6 is 0 Å². The van der Waals surface area contributed by atoms with E-state index in [0.29, 0.717) is 5.41 Å². The Balaban J connectivity index is 0.000000147. The number of piperazine rings is 1. The van der Waals surface area contributed by atoms with Gasteiger partial charge in [0.15, 0.2) is 0 Å². The second kappa shape index (κ2) is 15.5. The first-order valence-corrected chi connectivity index (χ1v) is 19.4. The van der Waals surface area contributed by atoms with Crippen molar-refractivity contribution in [1.82, 2.24) is 20.0 Å². The molecular weight excluding hydrogens is 562 g/mol. The molecule has 0 radical (unpaired) electrons. The standard InChI is InChI=1S/C22H34N2.C19H29N3/c1-2-4-20(5-3-1)21-6-10-22(11-7-21)12-16-24(17-13-22)18-19-8-14-23-15-9-19;1-3-7-18(8-4-1)22-13-11-20(12-14-22)17-21-15-19(16-21)9-5-2-6-10-19/h1-5,19,21,23H,6-18H2;1,3-4,7-8H,2,5-6,9-17H2. The number of para-hydroxylation sites is 1. The molecule has 2 aromatic rings. The van der Waals surface area contributed by atoms with Crippen LogP contribution in [-0.4, -0.2) is 93.4 Å². The summed E-state index contributed by atoms with van der Waals surface area (Å²) in [5, 5.41) is 3.50. The van der Waals surface area contributed by atoms with Crippen molar-refractivity contribution >= 4 is 5.69 Å². The van der Waals surface area contributed by atoms with Crippen LogP contribution < -0.4 is 10.2 Å². The Morgan fingerprint density at radius 2 is 1.20 bits per heavy atom. The lowest BCUT2D eigenvalue weighted by atomic mass is 9.64. The van der Waals surface area contributed by atoms with E-state index in [4.69, 9.17) is 0 Å². The van der Waals surface area contributed by atoms with E-state index < -0.39 is 0 Å². The first-order valence-electron chi connectivity index (χ1n) is 19.4. The molecule has 2 saturated carbocycles. The van der Waals surface area contributed by atoms with Gasteiger partial charge in [0, 0.05) is 51.5 Å². The summed E-state index contributed by atoms with van der Waals surface area (Å²) in [4.78, 5) is 10.6. The molecule has 0 aromatic heterocycles. The van der Waals surface area contributed by atoms with E-state index in [1.165, 1.54) is 168 Å². The van der Waals surface area contributed by atoms with Gasteiger partial charge >= 0.3 is 0 Å². The Kier molecular flexibility index (Phi) is 11.0. The Labute approximate surface area is 281 Å². The number of nitrogens with one attached hydrogen (secondary N) is 1. The summed E-state index contributed by atoms with van der Waals surface area (Å²) in [6, 6.07) is 22.1. The quantitative estimate of drug-likeness (QED) is 0.360. The van der Waals surface area contributed by atoms with Gasteiger partial charge in [0.2, 0.25) is 0 Å². The smallest absolute Gasteiger partial charge is 0.0508 e. The molecule has 2 aliphatic carbocycles. The summed E-state index contributed by atoms with van der Waals surface area (Å²) < 4.78 is 0. The van der Waals surface area contributed by atoms with Crippen LogP contribution in [0.4, 0.5) is 5.69 Å². The summed E-state index contributed by atoms with van der Waals surface area (Å²) in [6.07, 6.45) is 18.9. The molecule has 4 heterocycles. The van der Waals surface area contributed by atoms with Crippen LogP contribution in [0.5, 0.6) is 0 Å². The highest BCUT2D eigenvalue weighted by Gasteiger charge is 2.43. The lowest BCUT2D eigenvalue weighted by Gasteiger charge is -2.54. The number of anilines is 1. The van der Waals surface area contributed by atoms with Crippen LogP contribution in [0.3, 0.4) is 0 Å². The predicted molar refractivity (Wildman–Crippen MR) is 194 cm³/mol. The largest absolute Gasteiger partial charge is 0.369 e. The Morgan fingerprint density at radius 1 is 0.565 bits per heavy atom. The fourth-order valence-corrected chi connectivity index (χ4v) is 10.1. The molecule has 5 nitrogen and oxygen atoms in total. The molecule has 5 heteroatoms. The molecule has 0 bridgehead atoms. The SMILES string of the molecule is c1ccc(C2CCC3(CC2)CCN(CC2CCNCC2)CC3)cc1.c1ccc(N2CCN(CN3CC4(CCCCC4)C3)CC2)cc1. The maximum absolute atomic E-state index is 3.50. The summed E-state index contributed by atoms with van der Waals surface area (Å²) in [5.41, 5.74) is 4.38. The maximum Gasteiger partial charge on any atom is 0.0508 e. The number of hydrogen-bond acceptors (Lipinski definition) is 5. The second-order valence-corrected chi connectivity index (χ2v) is 16.3. The second-order valence-electron chi connectivity index (χ2n) is 16.3. The number of benzene rings is 2. The average Bonchev–Trinajstić information content (AvgIpc) is 3.11. The Hall–Kier alpha value is -1.92. The number of rotatable bonds is 6. The molecule has 4 aliphatic heterocycles. The van der Waals surface area contributed by atoms with E-state index in [0.717, 1.165) is 17.3 Å². The zero-order valence-electron chi connectivity index (χ0n) is 28.9. The monoisotopic (exact) mass is 626 g/mol. The molecule has 252 valence electrons. The topological polar surface area (TPSA) is 25.0 Å². The van der Waals surface area contributed by atoms with Gasteiger partial charge in [-0.15, -0.1) is 0 Å². The van der Waals surface area contributed by atoms with E-state index in [9.17, 15) is 0 Å². The molecule has 8 rings (SSSR count). The molecule has 2 spiro atoms. The molecule has 4 saturated heterocycles. The lowest BCUT2D eigenvalue weighted by Crippen LogP contribution is -2.61. The third-order valence-electron chi connectivity index (χ3n) is 13.1. The van der Waals surface area contributed by atoms with E-state index >= 15 is 0 Å². The van der Waals surface area contributed by atoms with Crippen LogP contribution in [0.1, 0.15) is 95.0 Å². The van der Waals surface area contributed by atoms with Crippen molar-refractivity contribution in [3.63, 3.8) is 0 Å². The first-order chi connectivity index (χ1) is 22.7. The van der Waals surface area contributed by atoms with Crippen molar-refractivity contribution in [2.45, 2.75) is 89.4 Å². The van der Waals surface area contributed by atoms with Gasteiger partial charge in [-0.3, -0.25) is 9.80 Å². The minimum Gasteiger partial charge on any atom is -0.369 e. The third kappa shape index (κ3) is 8.38. The lowest BCUT2D eigenvalue weighted by molar-refractivity contribution is -0.0581. The van der Waals surface area contributed by atoms with Crippen LogP contribution in [-0.2, 0) is 0 Å². The molecule has 46 heavy (non-hydrogen) atoms. The van der Waals surface area contributed by atoms with E-state index in [2.05, 4.69) is 85.6 Å². The van der Waals surface area contributed by atoms with Crippen molar-refractivity contribution in [1.29, 1.82) is 0 Å². The zero-order chi connectivity index (χ0) is 31.1. The predicted octanol–water partition coefficient (Wildman–Crippen LogP) is 7.46. The van der Waals surface area contributed by atoms with Crippen molar-refractivity contribution < 1.29 is 0 Å². The van der Waals surface area contributed by atoms with Crippen LogP contribution in [0.2, 0.25) is 0 Å². The van der Waals surface area contributed by atoms with Crippen molar-refractivity contribution in [3.05, 3.63) is 66.2 Å². The molecule has 0 amide bonds. The number of nitrogens with zero attached hydrogens (tertiary/aromatic N) is 4. The Morgan fingerprint density at radius 3 is 1.85 bits per heavy atom. The minimum absolute atomic E-state index is 0.690. The van der Waals surface area contributed by atoms with Gasteiger partial charge in [-0.2, -0.15) is 0 Å². The summed E-state index contributed by atoms with van der Waals surface area (Å²) in [6.45, 7) is 15.3. The van der Waals surface area contributed by atoms with Crippen molar-refractivity contribution in [3.8, 4) is 0 Å². The van der Waals surface area contributed by atoms with Crippen molar-refractivity contribution in [2.75, 3.05) is 83.6 Å². The summed E-state index contributed by atoms with van der Waals surface area (Å²) in [5.74, 6) is 1.78. The van der Waals surface area contributed by atoms with Crippen LogP contribution in [0.25, 0.3) is 0 Å².